The van der Waals surface area contributed by atoms with Gasteiger partial charge in [0.15, 0.2) is 0 Å². The Balaban J connectivity index is 1.52. The third-order valence-electron chi connectivity index (χ3n) is 3.82. The van der Waals surface area contributed by atoms with E-state index in [1.54, 1.807) is 21.8 Å². The van der Waals surface area contributed by atoms with Crippen LogP contribution in [0.4, 0.5) is 0 Å². The maximum Gasteiger partial charge on any atom is 0.252 e. The molecule has 2 heterocycles. The van der Waals surface area contributed by atoms with Crippen LogP contribution in [0.3, 0.4) is 0 Å². The number of sulfonamides is 1. The van der Waals surface area contributed by atoms with Crippen LogP contribution in [0, 0.1) is 0 Å². The molecule has 0 aliphatic carbocycles. The van der Waals surface area contributed by atoms with E-state index in [4.69, 9.17) is 4.74 Å². The van der Waals surface area contributed by atoms with Gasteiger partial charge in [0, 0.05) is 13.1 Å². The molecule has 1 fully saturated rings. The molecule has 6 heteroatoms. The van der Waals surface area contributed by atoms with Gasteiger partial charge in [-0.1, -0.05) is 36.4 Å². The summed E-state index contributed by atoms with van der Waals surface area (Å²) in [7, 11) is -3.31. The monoisotopic (exact) mass is 337 g/mol. The molecule has 0 saturated carbocycles. The van der Waals surface area contributed by atoms with Crippen molar-refractivity contribution in [3.63, 3.8) is 0 Å². The second-order valence-electron chi connectivity index (χ2n) is 5.33. The molecule has 1 aromatic heterocycles. The predicted molar refractivity (Wildman–Crippen MR) is 87.3 cm³/mol. The lowest BCUT2D eigenvalue weighted by atomic mass is 10.1. The first-order valence-corrected chi connectivity index (χ1v) is 9.67. The molecule has 3 rings (SSSR count). The van der Waals surface area contributed by atoms with Crippen LogP contribution < -0.4 is 0 Å². The van der Waals surface area contributed by atoms with Crippen LogP contribution in [0.5, 0.6) is 0 Å². The summed E-state index contributed by atoms with van der Waals surface area (Å²) in [5.41, 5.74) is 1.15. The molecule has 22 heavy (non-hydrogen) atoms. The third kappa shape index (κ3) is 3.57. The van der Waals surface area contributed by atoms with Gasteiger partial charge in [-0.05, 0) is 29.9 Å². The van der Waals surface area contributed by atoms with Gasteiger partial charge in [0.2, 0.25) is 0 Å². The number of nitrogens with zero attached hydrogens (tertiary/aromatic N) is 1. The number of ether oxygens (including phenoxy) is 1. The SMILES string of the molecule is O=S(=O)(c1cccs1)N1CCC(OCc2ccccc2)CC1. The number of hydrogen-bond acceptors (Lipinski definition) is 4. The van der Waals surface area contributed by atoms with Gasteiger partial charge in [0.25, 0.3) is 10.0 Å². The Morgan fingerprint density at radius 2 is 1.82 bits per heavy atom. The molecule has 1 aromatic carbocycles. The van der Waals surface area contributed by atoms with Gasteiger partial charge in [-0.15, -0.1) is 11.3 Å². The minimum atomic E-state index is -3.31. The molecule has 118 valence electrons. The fourth-order valence-electron chi connectivity index (χ4n) is 2.56. The maximum atomic E-state index is 12.4. The van der Waals surface area contributed by atoms with Crippen molar-refractivity contribution < 1.29 is 13.2 Å². The lowest BCUT2D eigenvalue weighted by molar-refractivity contribution is 0.0102. The average molecular weight is 337 g/mol. The largest absolute Gasteiger partial charge is 0.373 e. The highest BCUT2D eigenvalue weighted by atomic mass is 32.2. The van der Waals surface area contributed by atoms with E-state index >= 15 is 0 Å². The minimum Gasteiger partial charge on any atom is -0.373 e. The van der Waals surface area contributed by atoms with Crippen LogP contribution in [-0.2, 0) is 21.4 Å². The number of piperidine rings is 1. The third-order valence-corrected chi connectivity index (χ3v) is 7.09. The summed E-state index contributed by atoms with van der Waals surface area (Å²) in [6.07, 6.45) is 1.63. The second-order valence-corrected chi connectivity index (χ2v) is 8.44. The van der Waals surface area contributed by atoms with Crippen LogP contribution >= 0.6 is 11.3 Å². The number of hydrogen-bond donors (Lipinski definition) is 0. The normalized spacial score (nSPS) is 17.6. The molecule has 0 atom stereocenters. The van der Waals surface area contributed by atoms with Gasteiger partial charge in [0.1, 0.15) is 4.21 Å². The van der Waals surface area contributed by atoms with Crippen molar-refractivity contribution in [2.75, 3.05) is 13.1 Å². The molecular weight excluding hydrogens is 318 g/mol. The molecule has 0 radical (unpaired) electrons. The Bertz CT molecular complexity index is 675. The quantitative estimate of drug-likeness (QED) is 0.842. The number of benzene rings is 1. The molecule has 4 nitrogen and oxygen atoms in total. The number of rotatable bonds is 5. The van der Waals surface area contributed by atoms with Gasteiger partial charge in [-0.2, -0.15) is 4.31 Å². The van der Waals surface area contributed by atoms with E-state index in [1.165, 1.54) is 11.3 Å². The molecule has 0 amide bonds. The smallest absolute Gasteiger partial charge is 0.252 e. The summed E-state index contributed by atoms with van der Waals surface area (Å²) in [6, 6.07) is 13.5. The van der Waals surface area contributed by atoms with Gasteiger partial charge >= 0.3 is 0 Å². The zero-order valence-electron chi connectivity index (χ0n) is 12.2. The Morgan fingerprint density at radius 1 is 1.09 bits per heavy atom. The van der Waals surface area contributed by atoms with Crippen LogP contribution in [0.2, 0.25) is 0 Å². The van der Waals surface area contributed by atoms with Crippen LogP contribution in [0.25, 0.3) is 0 Å². The molecular formula is C16H19NO3S2. The lowest BCUT2D eigenvalue weighted by Gasteiger charge is -2.30. The summed E-state index contributed by atoms with van der Waals surface area (Å²) in [5, 5.41) is 1.79. The minimum absolute atomic E-state index is 0.134. The van der Waals surface area contributed by atoms with E-state index in [2.05, 4.69) is 0 Å². The Labute approximate surface area is 135 Å². The highest BCUT2D eigenvalue weighted by Crippen LogP contribution is 2.25. The van der Waals surface area contributed by atoms with Crippen molar-refractivity contribution in [2.45, 2.75) is 29.8 Å². The average Bonchev–Trinajstić information content (AvgIpc) is 3.10. The Hall–Kier alpha value is -1.21. The van der Waals surface area contributed by atoms with E-state index in [-0.39, 0.29) is 6.10 Å². The van der Waals surface area contributed by atoms with Gasteiger partial charge in [-0.3, -0.25) is 0 Å². The van der Waals surface area contributed by atoms with E-state index in [0.29, 0.717) is 23.9 Å². The predicted octanol–water partition coefficient (Wildman–Crippen LogP) is 3.12. The summed E-state index contributed by atoms with van der Waals surface area (Å²) in [6.45, 7) is 1.64. The second kappa shape index (κ2) is 6.91. The van der Waals surface area contributed by atoms with Crippen molar-refractivity contribution in [3.05, 3.63) is 53.4 Å². The van der Waals surface area contributed by atoms with E-state index in [0.717, 1.165) is 18.4 Å². The Morgan fingerprint density at radius 3 is 2.45 bits per heavy atom. The summed E-state index contributed by atoms with van der Waals surface area (Å²) in [4.78, 5) is 0. The highest BCUT2D eigenvalue weighted by Gasteiger charge is 2.30. The van der Waals surface area contributed by atoms with E-state index in [9.17, 15) is 8.42 Å². The zero-order chi connectivity index (χ0) is 15.4. The number of thiophene rings is 1. The molecule has 1 aliphatic heterocycles. The fraction of sp³-hybridized carbons (Fsp3) is 0.375. The van der Waals surface area contributed by atoms with Gasteiger partial charge in [0.05, 0.1) is 12.7 Å². The topological polar surface area (TPSA) is 46.6 Å². The molecule has 1 saturated heterocycles. The van der Waals surface area contributed by atoms with Crippen LogP contribution in [0.1, 0.15) is 18.4 Å². The summed E-state index contributed by atoms with van der Waals surface area (Å²) in [5.74, 6) is 0. The zero-order valence-corrected chi connectivity index (χ0v) is 13.9. The van der Waals surface area contributed by atoms with E-state index in [1.807, 2.05) is 30.3 Å². The molecule has 0 bridgehead atoms. The first-order chi connectivity index (χ1) is 10.7. The van der Waals surface area contributed by atoms with Crippen molar-refractivity contribution in [3.8, 4) is 0 Å². The van der Waals surface area contributed by atoms with Crippen molar-refractivity contribution in [1.82, 2.24) is 4.31 Å². The summed E-state index contributed by atoms with van der Waals surface area (Å²) >= 11 is 1.27. The first kappa shape index (κ1) is 15.7. The van der Waals surface area contributed by atoms with Crippen molar-refractivity contribution in [1.29, 1.82) is 0 Å². The van der Waals surface area contributed by atoms with Crippen molar-refractivity contribution in [2.24, 2.45) is 0 Å². The van der Waals surface area contributed by atoms with Gasteiger partial charge < -0.3 is 4.74 Å². The van der Waals surface area contributed by atoms with Gasteiger partial charge in [-0.25, -0.2) is 8.42 Å². The standard InChI is InChI=1S/C16H19NO3S2/c18-22(19,16-7-4-12-21-16)17-10-8-15(9-11-17)20-13-14-5-2-1-3-6-14/h1-7,12,15H,8-11,13H2. The molecule has 0 N–H and O–H groups in total. The van der Waals surface area contributed by atoms with Crippen LogP contribution in [-0.4, -0.2) is 31.9 Å². The maximum absolute atomic E-state index is 12.4. The fourth-order valence-corrected chi connectivity index (χ4v) is 5.18. The molecule has 2 aromatic rings. The molecule has 0 unspecified atom stereocenters. The molecule has 1 aliphatic rings. The lowest BCUT2D eigenvalue weighted by Crippen LogP contribution is -2.40. The first-order valence-electron chi connectivity index (χ1n) is 7.35. The van der Waals surface area contributed by atoms with Crippen LogP contribution in [0.15, 0.2) is 52.1 Å². The molecule has 0 spiro atoms. The van der Waals surface area contributed by atoms with Crippen molar-refractivity contribution >= 4 is 21.4 Å². The Kier molecular flexibility index (Phi) is 4.93. The highest BCUT2D eigenvalue weighted by molar-refractivity contribution is 7.91. The van der Waals surface area contributed by atoms with E-state index < -0.39 is 10.0 Å². The summed E-state index contributed by atoms with van der Waals surface area (Å²) < 4.78 is 32.8.